The minimum absolute atomic E-state index is 0.125. The molecule has 0 fully saturated rings. The van der Waals surface area contributed by atoms with E-state index < -0.39 is 22.4 Å². The first-order valence-corrected chi connectivity index (χ1v) is 6.73. The Kier molecular flexibility index (Phi) is 5.13. The Hall–Kier alpha value is -2.67. The fourth-order valence-electron chi connectivity index (χ4n) is 1.91. The third kappa shape index (κ3) is 3.95. The van der Waals surface area contributed by atoms with Crippen LogP contribution in [0.15, 0.2) is 36.4 Å². The normalized spacial score (nSPS) is 10.2. The topological polar surface area (TPSA) is 78.7 Å². The Labute approximate surface area is 135 Å². The second kappa shape index (κ2) is 7.06. The summed E-state index contributed by atoms with van der Waals surface area (Å²) < 4.78 is 23.3. The van der Waals surface area contributed by atoms with Crippen molar-refractivity contribution in [3.8, 4) is 5.75 Å². The minimum Gasteiger partial charge on any atom is -0.496 e. The Morgan fingerprint density at radius 3 is 2.70 bits per heavy atom. The molecule has 8 heteroatoms. The molecule has 0 radical (unpaired) electrons. The van der Waals surface area contributed by atoms with Gasteiger partial charge in [0.05, 0.1) is 12.0 Å². The number of rotatable bonds is 5. The summed E-state index contributed by atoms with van der Waals surface area (Å²) in [5.41, 5.74) is -0.402. The Morgan fingerprint density at radius 2 is 2.04 bits per heavy atom. The van der Waals surface area contributed by atoms with Crippen molar-refractivity contribution < 1.29 is 23.6 Å². The van der Waals surface area contributed by atoms with E-state index in [0.717, 1.165) is 12.1 Å². The van der Waals surface area contributed by atoms with Crippen molar-refractivity contribution >= 4 is 23.3 Å². The summed E-state index contributed by atoms with van der Waals surface area (Å²) in [6.07, 6.45) is 0. The molecule has 0 aliphatic carbocycles. The fraction of sp³-hybridized carbons (Fsp3) is 0.133. The van der Waals surface area contributed by atoms with E-state index in [9.17, 15) is 19.3 Å². The highest BCUT2D eigenvalue weighted by molar-refractivity contribution is 6.31. The van der Waals surface area contributed by atoms with Crippen molar-refractivity contribution in [3.05, 3.63) is 68.5 Å². The first-order chi connectivity index (χ1) is 10.9. The maximum Gasteiger partial charge on any atom is 0.345 e. The van der Waals surface area contributed by atoms with E-state index in [4.69, 9.17) is 21.1 Å². The molecule has 0 N–H and O–H groups in total. The van der Waals surface area contributed by atoms with E-state index in [1.54, 1.807) is 0 Å². The van der Waals surface area contributed by atoms with Crippen LogP contribution in [0.3, 0.4) is 0 Å². The predicted molar refractivity (Wildman–Crippen MR) is 80.2 cm³/mol. The van der Waals surface area contributed by atoms with E-state index in [1.165, 1.54) is 31.4 Å². The molecule has 0 unspecified atom stereocenters. The smallest absolute Gasteiger partial charge is 0.345 e. The number of esters is 1. The van der Waals surface area contributed by atoms with E-state index in [1.807, 2.05) is 0 Å². The van der Waals surface area contributed by atoms with Crippen LogP contribution in [0, 0.1) is 15.9 Å². The number of nitro benzene ring substituents is 1. The molecule has 0 aliphatic heterocycles. The van der Waals surface area contributed by atoms with Crippen LogP contribution < -0.4 is 4.74 Å². The molecule has 0 atom stereocenters. The minimum atomic E-state index is -0.917. The SMILES string of the molecule is COc1ccc(F)cc1COC(=O)c1ccc(Cl)cc1[N+](=O)[O-]. The molecule has 0 bridgehead atoms. The fourth-order valence-corrected chi connectivity index (χ4v) is 2.08. The van der Waals surface area contributed by atoms with Crippen LogP contribution in [0.1, 0.15) is 15.9 Å². The van der Waals surface area contributed by atoms with Crippen molar-refractivity contribution in [1.29, 1.82) is 0 Å². The standard InChI is InChI=1S/C15H11ClFNO5/c1-22-14-5-3-11(17)6-9(14)8-23-15(19)12-4-2-10(16)7-13(12)18(20)21/h2-7H,8H2,1H3. The van der Waals surface area contributed by atoms with Gasteiger partial charge < -0.3 is 9.47 Å². The molecule has 2 rings (SSSR count). The molecular formula is C15H11ClFNO5. The molecule has 0 spiro atoms. The molecule has 0 saturated carbocycles. The molecule has 0 heterocycles. The van der Waals surface area contributed by atoms with Crippen molar-refractivity contribution in [3.63, 3.8) is 0 Å². The number of hydrogen-bond donors (Lipinski definition) is 0. The Morgan fingerprint density at radius 1 is 1.30 bits per heavy atom. The number of carbonyl (C=O) groups is 1. The summed E-state index contributed by atoms with van der Waals surface area (Å²) in [6.45, 7) is -0.292. The van der Waals surface area contributed by atoms with Crippen LogP contribution in [0.4, 0.5) is 10.1 Å². The van der Waals surface area contributed by atoms with Gasteiger partial charge in [0.1, 0.15) is 23.7 Å². The lowest BCUT2D eigenvalue weighted by molar-refractivity contribution is -0.385. The maximum atomic E-state index is 13.2. The number of ether oxygens (including phenoxy) is 2. The molecular weight excluding hydrogens is 329 g/mol. The van der Waals surface area contributed by atoms with Crippen molar-refractivity contribution in [2.24, 2.45) is 0 Å². The number of halogens is 2. The predicted octanol–water partition coefficient (Wildman–Crippen LogP) is 3.75. The number of nitro groups is 1. The molecule has 0 amide bonds. The van der Waals surface area contributed by atoms with Gasteiger partial charge in [-0.2, -0.15) is 0 Å². The van der Waals surface area contributed by atoms with Crippen molar-refractivity contribution in [2.45, 2.75) is 6.61 Å². The van der Waals surface area contributed by atoms with E-state index in [0.29, 0.717) is 11.3 Å². The van der Waals surface area contributed by atoms with Crippen LogP contribution in [-0.4, -0.2) is 18.0 Å². The highest BCUT2D eigenvalue weighted by atomic mass is 35.5. The van der Waals surface area contributed by atoms with Gasteiger partial charge in [-0.15, -0.1) is 0 Å². The van der Waals surface area contributed by atoms with Crippen LogP contribution in [-0.2, 0) is 11.3 Å². The van der Waals surface area contributed by atoms with Crippen LogP contribution in [0.5, 0.6) is 5.75 Å². The maximum absolute atomic E-state index is 13.2. The summed E-state index contributed by atoms with van der Waals surface area (Å²) >= 11 is 5.68. The van der Waals surface area contributed by atoms with E-state index in [-0.39, 0.29) is 17.2 Å². The van der Waals surface area contributed by atoms with Gasteiger partial charge in [-0.3, -0.25) is 10.1 Å². The highest BCUT2D eigenvalue weighted by Crippen LogP contribution is 2.25. The van der Waals surface area contributed by atoms with Gasteiger partial charge in [0.2, 0.25) is 0 Å². The third-order valence-electron chi connectivity index (χ3n) is 2.98. The number of methoxy groups -OCH3 is 1. The Balaban J connectivity index is 2.21. The van der Waals surface area contributed by atoms with Gasteiger partial charge in [0.15, 0.2) is 0 Å². The lowest BCUT2D eigenvalue weighted by Crippen LogP contribution is -2.09. The van der Waals surface area contributed by atoms with Gasteiger partial charge in [0, 0.05) is 16.7 Å². The lowest BCUT2D eigenvalue weighted by atomic mass is 10.2. The molecule has 120 valence electrons. The first-order valence-electron chi connectivity index (χ1n) is 6.36. The lowest BCUT2D eigenvalue weighted by Gasteiger charge is -2.09. The zero-order valence-corrected chi connectivity index (χ0v) is 12.7. The zero-order valence-electron chi connectivity index (χ0n) is 11.9. The second-order valence-electron chi connectivity index (χ2n) is 4.45. The summed E-state index contributed by atoms with van der Waals surface area (Å²) in [7, 11) is 1.39. The van der Waals surface area contributed by atoms with Crippen LogP contribution in [0.2, 0.25) is 5.02 Å². The summed E-state index contributed by atoms with van der Waals surface area (Å²) in [4.78, 5) is 22.3. The van der Waals surface area contributed by atoms with Gasteiger partial charge in [0.25, 0.3) is 5.69 Å². The highest BCUT2D eigenvalue weighted by Gasteiger charge is 2.22. The zero-order chi connectivity index (χ0) is 17.0. The second-order valence-corrected chi connectivity index (χ2v) is 4.89. The molecule has 0 saturated heterocycles. The summed E-state index contributed by atoms with van der Waals surface area (Å²) in [5, 5.41) is 11.1. The molecule has 0 aliphatic rings. The molecule has 0 aromatic heterocycles. The molecule has 6 nitrogen and oxygen atoms in total. The van der Waals surface area contributed by atoms with Crippen LogP contribution in [0.25, 0.3) is 0 Å². The van der Waals surface area contributed by atoms with Gasteiger partial charge >= 0.3 is 5.97 Å². The molecule has 23 heavy (non-hydrogen) atoms. The Bertz CT molecular complexity index is 766. The monoisotopic (exact) mass is 339 g/mol. The summed E-state index contributed by atoms with van der Waals surface area (Å²) in [6, 6.07) is 7.35. The van der Waals surface area contributed by atoms with E-state index >= 15 is 0 Å². The van der Waals surface area contributed by atoms with E-state index in [2.05, 4.69) is 0 Å². The number of benzene rings is 2. The summed E-state index contributed by atoms with van der Waals surface area (Å²) in [5.74, 6) is -1.10. The van der Waals surface area contributed by atoms with Crippen LogP contribution >= 0.6 is 11.6 Å². The number of carbonyl (C=O) groups excluding carboxylic acids is 1. The van der Waals surface area contributed by atoms with Gasteiger partial charge in [-0.1, -0.05) is 11.6 Å². The van der Waals surface area contributed by atoms with Crippen molar-refractivity contribution in [2.75, 3.05) is 7.11 Å². The first kappa shape index (κ1) is 16.7. The average Bonchev–Trinajstić information content (AvgIpc) is 2.52. The average molecular weight is 340 g/mol. The van der Waals surface area contributed by atoms with Crippen molar-refractivity contribution in [1.82, 2.24) is 0 Å². The third-order valence-corrected chi connectivity index (χ3v) is 3.21. The number of nitrogens with zero attached hydrogens (tertiary/aromatic N) is 1. The van der Waals surface area contributed by atoms with Gasteiger partial charge in [-0.05, 0) is 30.3 Å². The van der Waals surface area contributed by atoms with Gasteiger partial charge in [-0.25, -0.2) is 9.18 Å². The molecule has 2 aromatic rings. The largest absolute Gasteiger partial charge is 0.496 e. The number of hydrogen-bond acceptors (Lipinski definition) is 5. The molecule has 2 aromatic carbocycles. The quantitative estimate of drug-likeness (QED) is 0.471.